The number of anilines is 1. The Morgan fingerprint density at radius 3 is 2.59 bits per heavy atom. The highest BCUT2D eigenvalue weighted by Crippen LogP contribution is 2.20. The zero-order valence-corrected chi connectivity index (χ0v) is 10.7. The number of pyridine rings is 1. The fraction of sp³-hybridized carbons (Fsp3) is 0.364. The molecule has 5 nitrogen and oxygen atoms in total. The number of nitrogens with one attached hydrogen (secondary N) is 1. The third kappa shape index (κ3) is 3.42. The van der Waals surface area contributed by atoms with Gasteiger partial charge in [0.15, 0.2) is 5.78 Å². The minimum Gasteiger partial charge on any atom is -0.331 e. The lowest BCUT2D eigenvalue weighted by atomic mass is 10.1. The molecule has 0 aromatic carbocycles. The lowest BCUT2D eigenvalue weighted by molar-refractivity contribution is 0.0988. The van der Waals surface area contributed by atoms with E-state index < -0.39 is 0 Å². The molecule has 1 N–H and O–H groups in total. The van der Waals surface area contributed by atoms with Crippen molar-refractivity contribution in [2.45, 2.75) is 13.3 Å². The molecule has 0 fully saturated rings. The SMILES string of the molecule is CCC(=O)c1cnc(NC(=O)N(C)C)cc1Cl. The molecule has 0 saturated heterocycles. The van der Waals surface area contributed by atoms with E-state index in [2.05, 4.69) is 10.3 Å². The number of aromatic nitrogens is 1. The highest BCUT2D eigenvalue weighted by Gasteiger charge is 2.11. The van der Waals surface area contributed by atoms with Crippen molar-refractivity contribution < 1.29 is 9.59 Å². The van der Waals surface area contributed by atoms with E-state index in [0.717, 1.165) is 0 Å². The van der Waals surface area contributed by atoms with Gasteiger partial charge in [-0.25, -0.2) is 9.78 Å². The molecule has 0 saturated carbocycles. The summed E-state index contributed by atoms with van der Waals surface area (Å²) < 4.78 is 0. The number of hydrogen-bond donors (Lipinski definition) is 1. The highest BCUT2D eigenvalue weighted by atomic mass is 35.5. The van der Waals surface area contributed by atoms with Crippen LogP contribution < -0.4 is 5.32 Å². The molecular weight excluding hydrogens is 242 g/mol. The lowest BCUT2D eigenvalue weighted by Gasteiger charge is -2.11. The second-order valence-electron chi connectivity index (χ2n) is 3.65. The molecule has 17 heavy (non-hydrogen) atoms. The maximum Gasteiger partial charge on any atom is 0.322 e. The van der Waals surface area contributed by atoms with Gasteiger partial charge in [-0.3, -0.25) is 10.1 Å². The number of amides is 2. The van der Waals surface area contributed by atoms with Crippen molar-refractivity contribution in [3.63, 3.8) is 0 Å². The van der Waals surface area contributed by atoms with E-state index in [1.807, 2.05) is 0 Å². The molecule has 0 spiro atoms. The van der Waals surface area contributed by atoms with Crippen molar-refractivity contribution in [3.05, 3.63) is 22.8 Å². The Morgan fingerprint density at radius 1 is 1.47 bits per heavy atom. The van der Waals surface area contributed by atoms with Crippen molar-refractivity contribution in [2.24, 2.45) is 0 Å². The highest BCUT2D eigenvalue weighted by molar-refractivity contribution is 6.34. The Kier molecular flexibility index (Phi) is 4.45. The van der Waals surface area contributed by atoms with Crippen LogP contribution in [0.2, 0.25) is 5.02 Å². The van der Waals surface area contributed by atoms with Crippen molar-refractivity contribution in [3.8, 4) is 0 Å². The molecule has 1 aromatic rings. The van der Waals surface area contributed by atoms with Gasteiger partial charge in [-0.2, -0.15) is 0 Å². The largest absolute Gasteiger partial charge is 0.331 e. The Hall–Kier alpha value is -1.62. The molecule has 1 heterocycles. The molecule has 0 bridgehead atoms. The van der Waals surface area contributed by atoms with Gasteiger partial charge in [0, 0.05) is 32.8 Å². The summed E-state index contributed by atoms with van der Waals surface area (Å²) in [5.74, 6) is 0.245. The summed E-state index contributed by atoms with van der Waals surface area (Å²) in [5, 5.41) is 2.84. The minimum atomic E-state index is -0.303. The van der Waals surface area contributed by atoms with E-state index in [-0.39, 0.29) is 11.8 Å². The van der Waals surface area contributed by atoms with E-state index in [4.69, 9.17) is 11.6 Å². The van der Waals surface area contributed by atoms with Gasteiger partial charge in [0.1, 0.15) is 5.82 Å². The molecule has 0 atom stereocenters. The first-order valence-corrected chi connectivity index (χ1v) is 5.50. The van der Waals surface area contributed by atoms with Crippen LogP contribution in [0.5, 0.6) is 0 Å². The van der Waals surface area contributed by atoms with Crippen LogP contribution in [-0.4, -0.2) is 35.8 Å². The van der Waals surface area contributed by atoms with E-state index >= 15 is 0 Å². The minimum absolute atomic E-state index is 0.0759. The van der Waals surface area contributed by atoms with Crippen molar-refractivity contribution in [1.82, 2.24) is 9.88 Å². The Bertz CT molecular complexity index is 446. The lowest BCUT2D eigenvalue weighted by Crippen LogP contribution is -2.27. The summed E-state index contributed by atoms with van der Waals surface area (Å²) in [5.41, 5.74) is 0.372. The van der Waals surface area contributed by atoms with Crippen molar-refractivity contribution in [1.29, 1.82) is 0 Å². The quantitative estimate of drug-likeness (QED) is 0.844. The summed E-state index contributed by atoms with van der Waals surface area (Å²) in [4.78, 5) is 28.2. The second-order valence-corrected chi connectivity index (χ2v) is 4.06. The van der Waals surface area contributed by atoms with Crippen LogP contribution in [-0.2, 0) is 0 Å². The number of halogens is 1. The number of ketones is 1. The monoisotopic (exact) mass is 255 g/mol. The van der Waals surface area contributed by atoms with Gasteiger partial charge in [-0.1, -0.05) is 18.5 Å². The third-order valence-corrected chi connectivity index (χ3v) is 2.43. The second kappa shape index (κ2) is 5.63. The average molecular weight is 256 g/mol. The first-order chi connectivity index (χ1) is 7.95. The third-order valence-electron chi connectivity index (χ3n) is 2.12. The molecule has 1 aromatic heterocycles. The number of rotatable bonds is 3. The van der Waals surface area contributed by atoms with Gasteiger partial charge in [0.05, 0.1) is 10.6 Å². The Labute approximate surface area is 105 Å². The molecule has 0 radical (unpaired) electrons. The molecule has 0 aliphatic carbocycles. The molecule has 6 heteroatoms. The summed E-state index contributed by atoms with van der Waals surface area (Å²) in [6.07, 6.45) is 1.74. The van der Waals surface area contributed by atoms with Crippen molar-refractivity contribution in [2.75, 3.05) is 19.4 Å². The smallest absolute Gasteiger partial charge is 0.322 e. The van der Waals surface area contributed by atoms with Gasteiger partial charge >= 0.3 is 6.03 Å². The number of hydrogen-bond acceptors (Lipinski definition) is 3. The number of urea groups is 1. The van der Waals surface area contributed by atoms with Gasteiger partial charge in [-0.15, -0.1) is 0 Å². The molecule has 0 aliphatic heterocycles. The van der Waals surface area contributed by atoms with Crippen LogP contribution in [0, 0.1) is 0 Å². The molecule has 0 aliphatic rings. The van der Waals surface area contributed by atoms with Crippen LogP contribution >= 0.6 is 11.6 Å². The van der Waals surface area contributed by atoms with Crippen molar-refractivity contribution >= 4 is 29.2 Å². The van der Waals surface area contributed by atoms with Gasteiger partial charge in [-0.05, 0) is 0 Å². The van der Waals surface area contributed by atoms with E-state index in [0.29, 0.717) is 22.8 Å². The molecular formula is C11H14ClN3O2. The van der Waals surface area contributed by atoms with Crippen LogP contribution in [0.15, 0.2) is 12.3 Å². The molecule has 0 unspecified atom stereocenters. The summed E-state index contributed by atoms with van der Waals surface area (Å²) in [6, 6.07) is 1.16. The van der Waals surface area contributed by atoms with Gasteiger partial charge in [0.2, 0.25) is 0 Å². The Balaban J connectivity index is 2.89. The maximum absolute atomic E-state index is 11.5. The van der Waals surface area contributed by atoms with Crippen LogP contribution in [0.25, 0.3) is 0 Å². The number of carbonyl (C=O) groups is 2. The Morgan fingerprint density at radius 2 is 2.12 bits per heavy atom. The maximum atomic E-state index is 11.5. The average Bonchev–Trinajstić information content (AvgIpc) is 2.28. The summed E-state index contributed by atoms with van der Waals surface area (Å²) in [7, 11) is 3.23. The van der Waals surface area contributed by atoms with E-state index in [1.165, 1.54) is 17.2 Å². The standard InChI is InChI=1S/C11H14ClN3O2/c1-4-9(16)7-6-13-10(5-8(7)12)14-11(17)15(2)3/h5-6H,4H2,1-3H3,(H,13,14,17). The van der Waals surface area contributed by atoms with Gasteiger partial charge in [0.25, 0.3) is 0 Å². The topological polar surface area (TPSA) is 62.3 Å². The normalized spacial score (nSPS) is 9.88. The predicted octanol–water partition coefficient (Wildman–Crippen LogP) is 2.42. The van der Waals surface area contributed by atoms with Crippen LogP contribution in [0.3, 0.4) is 0 Å². The van der Waals surface area contributed by atoms with Crippen LogP contribution in [0.4, 0.5) is 10.6 Å². The zero-order valence-electron chi connectivity index (χ0n) is 9.95. The first kappa shape index (κ1) is 13.4. The molecule has 2 amide bonds. The van der Waals surface area contributed by atoms with Crippen LogP contribution in [0.1, 0.15) is 23.7 Å². The first-order valence-electron chi connectivity index (χ1n) is 5.12. The number of carbonyl (C=O) groups excluding carboxylic acids is 2. The summed E-state index contributed by atoms with van der Waals surface area (Å²) in [6.45, 7) is 1.75. The predicted molar refractivity (Wildman–Crippen MR) is 66.6 cm³/mol. The fourth-order valence-electron chi connectivity index (χ4n) is 1.12. The van der Waals surface area contributed by atoms with E-state index in [1.54, 1.807) is 21.0 Å². The molecule has 92 valence electrons. The number of nitrogens with zero attached hydrogens (tertiary/aromatic N) is 2. The summed E-state index contributed by atoms with van der Waals surface area (Å²) >= 11 is 5.94. The zero-order chi connectivity index (χ0) is 13.0. The van der Waals surface area contributed by atoms with E-state index in [9.17, 15) is 9.59 Å². The molecule has 1 rings (SSSR count). The van der Waals surface area contributed by atoms with Gasteiger partial charge < -0.3 is 4.90 Å². The number of Topliss-reactive ketones (excluding diaryl/α,β-unsaturated/α-hetero) is 1. The fourth-order valence-corrected chi connectivity index (χ4v) is 1.37.